The van der Waals surface area contributed by atoms with Crippen LogP contribution in [0.15, 0.2) is 33.2 Å². The molecule has 2 nitrogen and oxygen atoms in total. The van der Waals surface area contributed by atoms with Crippen LogP contribution >= 0.6 is 15.9 Å². The SMILES string of the molecule is C=NCc1cc(Br)ccc1C=C1CN(CCCF)C1. The Morgan fingerprint density at radius 2 is 2.21 bits per heavy atom. The van der Waals surface area contributed by atoms with Gasteiger partial charge in [-0.1, -0.05) is 28.1 Å². The van der Waals surface area contributed by atoms with Gasteiger partial charge in [0, 0.05) is 24.1 Å². The van der Waals surface area contributed by atoms with Crippen molar-refractivity contribution in [2.24, 2.45) is 4.99 Å². The number of halogens is 2. The number of aliphatic imine (C=N–C) groups is 1. The molecule has 102 valence electrons. The molecule has 0 unspecified atom stereocenters. The molecule has 4 heteroatoms. The number of rotatable bonds is 6. The Kier molecular flexibility index (Phi) is 5.28. The van der Waals surface area contributed by atoms with Crippen molar-refractivity contribution in [1.82, 2.24) is 4.90 Å². The minimum absolute atomic E-state index is 0.225. The Hall–Kier alpha value is -1.00. The molecule has 1 saturated heterocycles. The molecule has 1 aromatic carbocycles. The van der Waals surface area contributed by atoms with E-state index in [1.165, 1.54) is 16.7 Å². The van der Waals surface area contributed by atoms with E-state index >= 15 is 0 Å². The first-order valence-corrected chi connectivity index (χ1v) is 7.21. The van der Waals surface area contributed by atoms with Gasteiger partial charge in [-0.3, -0.25) is 14.3 Å². The van der Waals surface area contributed by atoms with Crippen molar-refractivity contribution in [2.75, 3.05) is 26.3 Å². The van der Waals surface area contributed by atoms with Gasteiger partial charge in [0.1, 0.15) is 0 Å². The Labute approximate surface area is 122 Å². The first-order valence-electron chi connectivity index (χ1n) is 6.41. The minimum atomic E-state index is -0.225. The third-order valence-electron chi connectivity index (χ3n) is 3.21. The van der Waals surface area contributed by atoms with Crippen molar-refractivity contribution in [2.45, 2.75) is 13.0 Å². The van der Waals surface area contributed by atoms with E-state index in [2.05, 4.69) is 50.7 Å². The first-order chi connectivity index (χ1) is 9.22. The largest absolute Gasteiger partial charge is 0.296 e. The number of alkyl halides is 1. The third-order valence-corrected chi connectivity index (χ3v) is 3.70. The molecular formula is C15H18BrFN2. The summed E-state index contributed by atoms with van der Waals surface area (Å²) in [6.45, 7) is 6.73. The zero-order chi connectivity index (χ0) is 13.7. The smallest absolute Gasteiger partial charge is 0.0906 e. The molecule has 2 rings (SSSR count). The summed E-state index contributed by atoms with van der Waals surface area (Å²) in [5.74, 6) is 0. The van der Waals surface area contributed by atoms with Crippen LogP contribution in [0, 0.1) is 0 Å². The molecule has 0 bridgehead atoms. The van der Waals surface area contributed by atoms with Crippen molar-refractivity contribution >= 4 is 28.7 Å². The van der Waals surface area contributed by atoms with E-state index in [-0.39, 0.29) is 6.67 Å². The molecule has 0 amide bonds. The molecule has 0 aromatic heterocycles. The summed E-state index contributed by atoms with van der Waals surface area (Å²) in [5, 5.41) is 0. The normalized spacial score (nSPS) is 15.2. The molecule has 0 radical (unpaired) electrons. The molecule has 1 aliphatic heterocycles. The average molecular weight is 325 g/mol. The maximum Gasteiger partial charge on any atom is 0.0906 e. The summed E-state index contributed by atoms with van der Waals surface area (Å²) in [6.07, 6.45) is 2.86. The van der Waals surface area contributed by atoms with Gasteiger partial charge >= 0.3 is 0 Å². The lowest BCUT2D eigenvalue weighted by Crippen LogP contribution is -2.40. The van der Waals surface area contributed by atoms with Crippen LogP contribution in [0.3, 0.4) is 0 Å². The van der Waals surface area contributed by atoms with Crippen LogP contribution in [0.5, 0.6) is 0 Å². The monoisotopic (exact) mass is 324 g/mol. The van der Waals surface area contributed by atoms with E-state index in [0.717, 1.165) is 24.1 Å². The fraction of sp³-hybridized carbons (Fsp3) is 0.400. The highest BCUT2D eigenvalue weighted by Gasteiger charge is 2.19. The van der Waals surface area contributed by atoms with Crippen LogP contribution in [0.25, 0.3) is 6.08 Å². The first kappa shape index (κ1) is 14.4. The van der Waals surface area contributed by atoms with Gasteiger partial charge < -0.3 is 0 Å². The number of likely N-dealkylation sites (tertiary alicyclic amines) is 1. The quantitative estimate of drug-likeness (QED) is 0.728. The lowest BCUT2D eigenvalue weighted by atomic mass is 10.0. The number of hydrogen-bond acceptors (Lipinski definition) is 2. The van der Waals surface area contributed by atoms with Gasteiger partial charge in [0.25, 0.3) is 0 Å². The van der Waals surface area contributed by atoms with E-state index in [4.69, 9.17) is 0 Å². The molecule has 0 atom stereocenters. The fourth-order valence-corrected chi connectivity index (χ4v) is 2.66. The molecule has 0 spiro atoms. The van der Waals surface area contributed by atoms with Crippen LogP contribution < -0.4 is 0 Å². The fourth-order valence-electron chi connectivity index (χ4n) is 2.25. The Bertz CT molecular complexity index is 477. The molecule has 0 saturated carbocycles. The van der Waals surface area contributed by atoms with E-state index in [9.17, 15) is 4.39 Å². The van der Waals surface area contributed by atoms with Gasteiger partial charge in [0.05, 0.1) is 13.2 Å². The minimum Gasteiger partial charge on any atom is -0.296 e. The summed E-state index contributed by atoms with van der Waals surface area (Å²) in [4.78, 5) is 6.22. The van der Waals surface area contributed by atoms with Gasteiger partial charge in [-0.2, -0.15) is 0 Å². The van der Waals surface area contributed by atoms with Crippen LogP contribution in [0.4, 0.5) is 4.39 Å². The molecular weight excluding hydrogens is 307 g/mol. The van der Waals surface area contributed by atoms with Gasteiger partial charge in [0.15, 0.2) is 0 Å². The highest BCUT2D eigenvalue weighted by molar-refractivity contribution is 9.10. The van der Waals surface area contributed by atoms with E-state index in [0.29, 0.717) is 13.0 Å². The molecule has 0 aliphatic carbocycles. The maximum atomic E-state index is 12.1. The van der Waals surface area contributed by atoms with Crippen LogP contribution in [0.1, 0.15) is 17.5 Å². The van der Waals surface area contributed by atoms with Crippen LogP contribution in [-0.2, 0) is 6.54 Å². The van der Waals surface area contributed by atoms with Crippen molar-refractivity contribution in [1.29, 1.82) is 0 Å². The van der Waals surface area contributed by atoms with Crippen molar-refractivity contribution in [3.05, 3.63) is 39.4 Å². The van der Waals surface area contributed by atoms with Crippen molar-refractivity contribution in [3.8, 4) is 0 Å². The maximum absolute atomic E-state index is 12.1. The van der Waals surface area contributed by atoms with E-state index < -0.39 is 0 Å². The van der Waals surface area contributed by atoms with Gasteiger partial charge in [-0.05, 0) is 42.0 Å². The summed E-state index contributed by atoms with van der Waals surface area (Å²) in [7, 11) is 0. The van der Waals surface area contributed by atoms with E-state index in [1.54, 1.807) is 0 Å². The molecule has 1 fully saturated rings. The molecule has 19 heavy (non-hydrogen) atoms. The lowest BCUT2D eigenvalue weighted by molar-refractivity contribution is 0.239. The molecule has 1 aromatic rings. The zero-order valence-corrected chi connectivity index (χ0v) is 12.5. The van der Waals surface area contributed by atoms with Crippen molar-refractivity contribution in [3.63, 3.8) is 0 Å². The summed E-state index contributed by atoms with van der Waals surface area (Å²) in [6, 6.07) is 6.22. The second-order valence-corrected chi connectivity index (χ2v) is 5.70. The highest BCUT2D eigenvalue weighted by Crippen LogP contribution is 2.23. The predicted molar refractivity (Wildman–Crippen MR) is 82.4 cm³/mol. The molecule has 0 N–H and O–H groups in total. The Balaban J connectivity index is 2.02. The number of hydrogen-bond donors (Lipinski definition) is 0. The molecule has 1 aliphatic rings. The van der Waals surface area contributed by atoms with Crippen LogP contribution in [-0.4, -0.2) is 37.9 Å². The van der Waals surface area contributed by atoms with Crippen LogP contribution in [0.2, 0.25) is 0 Å². The Morgan fingerprint density at radius 1 is 1.42 bits per heavy atom. The highest BCUT2D eigenvalue weighted by atomic mass is 79.9. The number of benzene rings is 1. The van der Waals surface area contributed by atoms with Gasteiger partial charge in [-0.15, -0.1) is 0 Å². The topological polar surface area (TPSA) is 15.6 Å². The predicted octanol–water partition coefficient (Wildman–Crippen LogP) is 3.71. The second kappa shape index (κ2) is 6.96. The zero-order valence-electron chi connectivity index (χ0n) is 10.9. The summed E-state index contributed by atoms with van der Waals surface area (Å²) < 4.78 is 13.1. The summed E-state index contributed by atoms with van der Waals surface area (Å²) >= 11 is 3.48. The molecule has 1 heterocycles. The lowest BCUT2D eigenvalue weighted by Gasteiger charge is -2.34. The van der Waals surface area contributed by atoms with Crippen molar-refractivity contribution < 1.29 is 4.39 Å². The van der Waals surface area contributed by atoms with E-state index in [1.807, 2.05) is 6.07 Å². The second-order valence-electron chi connectivity index (χ2n) is 4.78. The van der Waals surface area contributed by atoms with Gasteiger partial charge in [0.2, 0.25) is 0 Å². The third kappa shape index (κ3) is 3.98. The standard InChI is InChI=1S/C15H18BrFN2/c1-18-9-14-8-15(16)4-3-13(14)7-12-10-19(11-12)6-2-5-17/h3-4,7-8H,1-2,5-6,9-11H2. The van der Waals surface area contributed by atoms with Gasteiger partial charge in [-0.25, -0.2) is 0 Å². The summed E-state index contributed by atoms with van der Waals surface area (Å²) in [5.41, 5.74) is 3.78. The Morgan fingerprint density at radius 3 is 2.89 bits per heavy atom. The average Bonchev–Trinajstić information content (AvgIpc) is 2.34. The number of nitrogens with zero attached hydrogens (tertiary/aromatic N) is 2.